The minimum atomic E-state index is -4.72. The molecule has 0 aromatic heterocycles. The topological polar surface area (TPSA) is 30.5 Å². The molecule has 0 aliphatic carbocycles. The zero-order chi connectivity index (χ0) is 12.3. The molecule has 1 rings (SSSR count). The van der Waals surface area contributed by atoms with Gasteiger partial charge in [-0.1, -0.05) is 0 Å². The maximum atomic E-state index is 12.1. The van der Waals surface area contributed by atoms with Crippen LogP contribution in [0.2, 0.25) is 0 Å². The average Bonchev–Trinajstić information content (AvgIpc) is 2.16. The zero-order valence-electron chi connectivity index (χ0n) is 9.11. The molecule has 0 atom stereocenters. The Morgan fingerprint density at radius 1 is 1.19 bits per heavy atom. The number of halogens is 3. The Balaban J connectivity index is 3.13. The zero-order valence-corrected chi connectivity index (χ0v) is 9.11. The van der Waals surface area contributed by atoms with Crippen molar-refractivity contribution in [2.24, 2.45) is 0 Å². The molecule has 0 amide bonds. The molecule has 0 aliphatic heterocycles. The molecule has 1 aromatic carbocycles. The van der Waals surface area contributed by atoms with Crippen molar-refractivity contribution in [2.75, 3.05) is 19.5 Å². The highest BCUT2D eigenvalue weighted by Gasteiger charge is 2.32. The number of hydrogen-bond acceptors (Lipinski definition) is 3. The number of anilines is 1. The minimum Gasteiger partial charge on any atom is -0.493 e. The standard InChI is InChI=1S/C10H12F3NO2/c1-6-4-9(16-10(11,12)13)8(15-3)5-7(6)14-2/h4-5,14H,1-3H3. The third-order valence-electron chi connectivity index (χ3n) is 2.01. The first-order valence-corrected chi connectivity index (χ1v) is 4.49. The molecule has 1 N–H and O–H groups in total. The number of ether oxygens (including phenoxy) is 2. The van der Waals surface area contributed by atoms with Crippen LogP contribution in [0.1, 0.15) is 5.56 Å². The van der Waals surface area contributed by atoms with E-state index in [1.807, 2.05) is 0 Å². The van der Waals surface area contributed by atoms with Gasteiger partial charge in [-0.15, -0.1) is 13.2 Å². The van der Waals surface area contributed by atoms with E-state index in [0.717, 1.165) is 0 Å². The molecular weight excluding hydrogens is 223 g/mol. The van der Waals surface area contributed by atoms with Crippen LogP contribution in [-0.2, 0) is 0 Å². The molecular formula is C10H12F3NO2. The van der Waals surface area contributed by atoms with Crippen molar-refractivity contribution < 1.29 is 22.6 Å². The van der Waals surface area contributed by atoms with Gasteiger partial charge in [0, 0.05) is 18.8 Å². The summed E-state index contributed by atoms with van der Waals surface area (Å²) in [6, 6.07) is 2.73. The lowest BCUT2D eigenvalue weighted by molar-refractivity contribution is -0.275. The fourth-order valence-electron chi connectivity index (χ4n) is 1.29. The number of alkyl halides is 3. The molecule has 6 heteroatoms. The monoisotopic (exact) mass is 235 g/mol. The van der Waals surface area contributed by atoms with Crippen molar-refractivity contribution >= 4 is 5.69 Å². The summed E-state index contributed by atoms with van der Waals surface area (Å²) in [6.07, 6.45) is -4.72. The molecule has 0 saturated carbocycles. The summed E-state index contributed by atoms with van der Waals surface area (Å²) in [5.74, 6) is -0.307. The first-order chi connectivity index (χ1) is 7.37. The predicted molar refractivity (Wildman–Crippen MR) is 54.0 cm³/mol. The Kier molecular flexibility index (Phi) is 3.51. The van der Waals surface area contributed by atoms with Crippen LogP contribution >= 0.6 is 0 Å². The maximum Gasteiger partial charge on any atom is 0.573 e. The fraction of sp³-hybridized carbons (Fsp3) is 0.400. The lowest BCUT2D eigenvalue weighted by atomic mass is 10.2. The van der Waals surface area contributed by atoms with Gasteiger partial charge in [-0.3, -0.25) is 0 Å². The van der Waals surface area contributed by atoms with Gasteiger partial charge < -0.3 is 14.8 Å². The van der Waals surface area contributed by atoms with E-state index in [2.05, 4.69) is 10.1 Å². The van der Waals surface area contributed by atoms with Gasteiger partial charge in [-0.05, 0) is 18.6 Å². The lowest BCUT2D eigenvalue weighted by Gasteiger charge is -2.15. The highest BCUT2D eigenvalue weighted by atomic mass is 19.4. The van der Waals surface area contributed by atoms with Gasteiger partial charge in [0.15, 0.2) is 11.5 Å². The van der Waals surface area contributed by atoms with E-state index in [1.54, 1.807) is 14.0 Å². The summed E-state index contributed by atoms with van der Waals surface area (Å²) in [5.41, 5.74) is 1.33. The highest BCUT2D eigenvalue weighted by molar-refractivity contribution is 5.59. The van der Waals surface area contributed by atoms with Crippen LogP contribution in [0.25, 0.3) is 0 Å². The molecule has 0 bridgehead atoms. The van der Waals surface area contributed by atoms with Crippen molar-refractivity contribution in [1.29, 1.82) is 0 Å². The van der Waals surface area contributed by atoms with Crippen LogP contribution < -0.4 is 14.8 Å². The van der Waals surface area contributed by atoms with E-state index in [9.17, 15) is 13.2 Å². The predicted octanol–water partition coefficient (Wildman–Crippen LogP) is 2.94. The Morgan fingerprint density at radius 2 is 1.81 bits per heavy atom. The first-order valence-electron chi connectivity index (χ1n) is 4.49. The van der Waals surface area contributed by atoms with Gasteiger partial charge in [-0.2, -0.15) is 0 Å². The van der Waals surface area contributed by atoms with Gasteiger partial charge in [-0.25, -0.2) is 0 Å². The van der Waals surface area contributed by atoms with Crippen molar-refractivity contribution in [3.63, 3.8) is 0 Å². The molecule has 0 radical (unpaired) electrons. The van der Waals surface area contributed by atoms with Crippen molar-refractivity contribution in [3.05, 3.63) is 17.7 Å². The van der Waals surface area contributed by atoms with Crippen LogP contribution in [0.3, 0.4) is 0 Å². The molecule has 0 unspecified atom stereocenters. The number of rotatable bonds is 3. The van der Waals surface area contributed by atoms with Crippen LogP contribution in [0.5, 0.6) is 11.5 Å². The van der Waals surface area contributed by atoms with Crippen molar-refractivity contribution in [3.8, 4) is 11.5 Å². The van der Waals surface area contributed by atoms with E-state index >= 15 is 0 Å². The van der Waals surface area contributed by atoms with E-state index in [1.165, 1.54) is 19.2 Å². The molecule has 3 nitrogen and oxygen atoms in total. The van der Waals surface area contributed by atoms with Crippen LogP contribution in [0.15, 0.2) is 12.1 Å². The molecule has 90 valence electrons. The third kappa shape index (κ3) is 2.95. The smallest absolute Gasteiger partial charge is 0.493 e. The second kappa shape index (κ2) is 4.51. The number of hydrogen-bond donors (Lipinski definition) is 1. The number of nitrogens with one attached hydrogen (secondary N) is 1. The van der Waals surface area contributed by atoms with Crippen LogP contribution in [0, 0.1) is 6.92 Å². The first kappa shape index (κ1) is 12.5. The second-order valence-corrected chi connectivity index (χ2v) is 3.12. The van der Waals surface area contributed by atoms with Gasteiger partial charge in [0.1, 0.15) is 0 Å². The van der Waals surface area contributed by atoms with E-state index < -0.39 is 6.36 Å². The highest BCUT2D eigenvalue weighted by Crippen LogP contribution is 2.36. The van der Waals surface area contributed by atoms with Crippen LogP contribution in [0.4, 0.5) is 18.9 Å². The molecule has 0 saturated heterocycles. The Hall–Kier alpha value is -1.59. The largest absolute Gasteiger partial charge is 0.573 e. The molecule has 16 heavy (non-hydrogen) atoms. The summed E-state index contributed by atoms with van der Waals surface area (Å²) in [6.45, 7) is 1.68. The lowest BCUT2D eigenvalue weighted by Crippen LogP contribution is -2.17. The summed E-state index contributed by atoms with van der Waals surface area (Å²) < 4.78 is 44.9. The number of methoxy groups -OCH3 is 1. The van der Waals surface area contributed by atoms with E-state index in [4.69, 9.17) is 4.74 Å². The quantitative estimate of drug-likeness (QED) is 0.873. The summed E-state index contributed by atoms with van der Waals surface area (Å²) >= 11 is 0. The fourth-order valence-corrected chi connectivity index (χ4v) is 1.29. The van der Waals surface area contributed by atoms with E-state index in [0.29, 0.717) is 11.3 Å². The summed E-state index contributed by atoms with van der Waals surface area (Å²) in [7, 11) is 2.96. The molecule has 0 aliphatic rings. The summed E-state index contributed by atoms with van der Waals surface area (Å²) in [5, 5.41) is 2.84. The van der Waals surface area contributed by atoms with Crippen molar-refractivity contribution in [1.82, 2.24) is 0 Å². The average molecular weight is 235 g/mol. The van der Waals surface area contributed by atoms with Crippen molar-refractivity contribution in [2.45, 2.75) is 13.3 Å². The Labute approximate surface area is 91.2 Å². The molecule has 0 spiro atoms. The van der Waals surface area contributed by atoms with Gasteiger partial charge in [0.2, 0.25) is 0 Å². The molecule has 0 heterocycles. The van der Waals surface area contributed by atoms with Gasteiger partial charge in [0.05, 0.1) is 7.11 Å². The SMILES string of the molecule is CNc1cc(OC)c(OC(F)(F)F)cc1C. The Bertz CT molecular complexity index is 377. The normalized spacial score (nSPS) is 11.1. The van der Waals surface area contributed by atoms with Gasteiger partial charge >= 0.3 is 6.36 Å². The van der Waals surface area contributed by atoms with Crippen LogP contribution in [-0.4, -0.2) is 20.5 Å². The Morgan fingerprint density at radius 3 is 2.25 bits per heavy atom. The van der Waals surface area contributed by atoms with Gasteiger partial charge in [0.25, 0.3) is 0 Å². The number of aryl methyl sites for hydroxylation is 1. The van der Waals surface area contributed by atoms with E-state index in [-0.39, 0.29) is 11.5 Å². The number of benzene rings is 1. The molecule has 0 fully saturated rings. The minimum absolute atomic E-state index is 0.0345. The molecule has 1 aromatic rings. The summed E-state index contributed by atoms with van der Waals surface area (Å²) in [4.78, 5) is 0. The second-order valence-electron chi connectivity index (χ2n) is 3.12. The maximum absolute atomic E-state index is 12.1. The third-order valence-corrected chi connectivity index (χ3v) is 2.01.